The number of anilines is 2. The van der Waals surface area contributed by atoms with Gasteiger partial charge in [0.15, 0.2) is 0 Å². The van der Waals surface area contributed by atoms with Crippen LogP contribution >= 0.6 is 0 Å². The third-order valence-corrected chi connectivity index (χ3v) is 4.40. The van der Waals surface area contributed by atoms with Gasteiger partial charge in [0.1, 0.15) is 0 Å². The van der Waals surface area contributed by atoms with Gasteiger partial charge < -0.3 is 10.2 Å². The van der Waals surface area contributed by atoms with E-state index in [0.29, 0.717) is 18.8 Å². The minimum atomic E-state index is -0.490. The Morgan fingerprint density at radius 1 is 1.00 bits per heavy atom. The van der Waals surface area contributed by atoms with E-state index in [9.17, 15) is 14.9 Å². The molecule has 1 amide bonds. The summed E-state index contributed by atoms with van der Waals surface area (Å²) in [5.41, 5.74) is 2.52. The van der Waals surface area contributed by atoms with Gasteiger partial charge in [-0.1, -0.05) is 48.5 Å². The summed E-state index contributed by atoms with van der Waals surface area (Å²) in [6.07, 6.45) is 0. The molecule has 0 radical (unpaired) electrons. The molecule has 3 aromatic rings. The van der Waals surface area contributed by atoms with Crippen LogP contribution < -0.4 is 10.2 Å². The number of nitrogens with one attached hydrogen (secondary N) is 1. The van der Waals surface area contributed by atoms with Crippen LogP contribution in [0.3, 0.4) is 0 Å². The molecule has 0 bridgehead atoms. The maximum Gasteiger partial charge on any atom is 0.270 e. The molecule has 1 N–H and O–H groups in total. The van der Waals surface area contributed by atoms with E-state index in [4.69, 9.17) is 0 Å². The van der Waals surface area contributed by atoms with Crippen LogP contribution in [0.4, 0.5) is 17.1 Å². The van der Waals surface area contributed by atoms with Crippen molar-refractivity contribution in [2.45, 2.75) is 13.5 Å². The fourth-order valence-electron chi connectivity index (χ4n) is 2.97. The van der Waals surface area contributed by atoms with Crippen molar-refractivity contribution in [2.75, 3.05) is 16.8 Å². The van der Waals surface area contributed by atoms with Crippen molar-refractivity contribution in [3.05, 3.63) is 100 Å². The average Bonchev–Trinajstić information content (AvgIpc) is 2.74. The summed E-state index contributed by atoms with van der Waals surface area (Å²) in [4.78, 5) is 25.6. The maximum absolute atomic E-state index is 13.2. The summed E-state index contributed by atoms with van der Waals surface area (Å²) in [5.74, 6) is -0.284. The summed E-state index contributed by atoms with van der Waals surface area (Å²) >= 11 is 0. The molecule has 6 heteroatoms. The van der Waals surface area contributed by atoms with Crippen LogP contribution in [0.5, 0.6) is 0 Å². The molecule has 0 saturated heterocycles. The topological polar surface area (TPSA) is 75.5 Å². The van der Waals surface area contributed by atoms with E-state index < -0.39 is 4.92 Å². The van der Waals surface area contributed by atoms with E-state index in [0.717, 1.165) is 11.3 Å². The van der Waals surface area contributed by atoms with Gasteiger partial charge >= 0.3 is 0 Å². The van der Waals surface area contributed by atoms with Crippen LogP contribution in [-0.2, 0) is 6.54 Å². The van der Waals surface area contributed by atoms with Crippen molar-refractivity contribution < 1.29 is 9.72 Å². The number of amides is 1. The van der Waals surface area contributed by atoms with E-state index in [2.05, 4.69) is 5.32 Å². The summed E-state index contributed by atoms with van der Waals surface area (Å²) in [6.45, 7) is 2.83. The molecule has 0 saturated carbocycles. The molecule has 0 aromatic heterocycles. The highest BCUT2D eigenvalue weighted by Crippen LogP contribution is 2.26. The molecule has 0 spiro atoms. The Hall–Kier alpha value is -3.67. The van der Waals surface area contributed by atoms with Crippen molar-refractivity contribution in [1.82, 2.24) is 0 Å². The van der Waals surface area contributed by atoms with Crippen LogP contribution in [0.25, 0.3) is 0 Å². The van der Waals surface area contributed by atoms with E-state index >= 15 is 0 Å². The summed E-state index contributed by atoms with van der Waals surface area (Å²) < 4.78 is 0. The number of carbonyl (C=O) groups is 1. The lowest BCUT2D eigenvalue weighted by molar-refractivity contribution is -0.384. The number of carbonyl (C=O) groups excluding carboxylic acids is 1. The zero-order chi connectivity index (χ0) is 19.9. The van der Waals surface area contributed by atoms with Gasteiger partial charge in [0.2, 0.25) is 0 Å². The Labute approximate surface area is 163 Å². The SMILES string of the molecule is CCN(C(=O)c1cc([N+](=O)[O-])ccc1NCc1ccccc1)c1ccccc1. The molecule has 3 rings (SSSR count). The molecular formula is C22H21N3O3. The van der Waals surface area contributed by atoms with Crippen LogP contribution in [0, 0.1) is 10.1 Å². The third-order valence-electron chi connectivity index (χ3n) is 4.40. The van der Waals surface area contributed by atoms with Crippen LogP contribution in [-0.4, -0.2) is 17.4 Å². The highest BCUT2D eigenvalue weighted by Gasteiger charge is 2.22. The van der Waals surface area contributed by atoms with Gasteiger partial charge in [0.05, 0.1) is 10.5 Å². The van der Waals surface area contributed by atoms with Gasteiger partial charge in [0.25, 0.3) is 11.6 Å². The Bertz CT molecular complexity index is 959. The van der Waals surface area contributed by atoms with Crippen molar-refractivity contribution >= 4 is 23.0 Å². The predicted molar refractivity (Wildman–Crippen MR) is 111 cm³/mol. The molecule has 0 heterocycles. The second-order valence-electron chi connectivity index (χ2n) is 6.21. The highest BCUT2D eigenvalue weighted by molar-refractivity contribution is 6.10. The van der Waals surface area contributed by atoms with Gasteiger partial charge in [-0.25, -0.2) is 0 Å². The van der Waals surface area contributed by atoms with Gasteiger partial charge in [-0.05, 0) is 30.7 Å². The molecular weight excluding hydrogens is 354 g/mol. The number of nitrogens with zero attached hydrogens (tertiary/aromatic N) is 2. The van der Waals surface area contributed by atoms with Gasteiger partial charge in [-0.15, -0.1) is 0 Å². The molecule has 142 valence electrons. The molecule has 0 fully saturated rings. The van der Waals surface area contributed by atoms with E-state index in [1.54, 1.807) is 11.0 Å². The minimum absolute atomic E-state index is 0.113. The quantitative estimate of drug-likeness (QED) is 0.472. The summed E-state index contributed by atoms with van der Waals surface area (Å²) in [6, 6.07) is 23.4. The van der Waals surface area contributed by atoms with Gasteiger partial charge in [-0.3, -0.25) is 14.9 Å². The first-order chi connectivity index (χ1) is 13.6. The van der Waals surface area contributed by atoms with E-state index in [1.807, 2.05) is 67.6 Å². The molecule has 0 atom stereocenters. The predicted octanol–water partition coefficient (Wildman–Crippen LogP) is 4.87. The molecule has 3 aromatic carbocycles. The van der Waals surface area contributed by atoms with E-state index in [-0.39, 0.29) is 17.2 Å². The van der Waals surface area contributed by atoms with Crippen LogP contribution in [0.15, 0.2) is 78.9 Å². The zero-order valence-corrected chi connectivity index (χ0v) is 15.5. The number of para-hydroxylation sites is 1. The second-order valence-corrected chi connectivity index (χ2v) is 6.21. The third kappa shape index (κ3) is 4.35. The summed E-state index contributed by atoms with van der Waals surface area (Å²) in [7, 11) is 0. The fourth-order valence-corrected chi connectivity index (χ4v) is 2.97. The second kappa shape index (κ2) is 8.81. The molecule has 0 unspecified atom stereocenters. The number of nitro benzene ring substituents is 1. The summed E-state index contributed by atoms with van der Waals surface area (Å²) in [5, 5.41) is 14.5. The molecule has 0 aliphatic rings. The van der Waals surface area contributed by atoms with Gasteiger partial charge in [0, 0.05) is 36.6 Å². The number of hydrogen-bond donors (Lipinski definition) is 1. The van der Waals surface area contributed by atoms with Crippen molar-refractivity contribution in [2.24, 2.45) is 0 Å². The van der Waals surface area contributed by atoms with Crippen molar-refractivity contribution in [3.63, 3.8) is 0 Å². The molecule has 0 aliphatic carbocycles. The Morgan fingerprint density at radius 2 is 1.64 bits per heavy atom. The smallest absolute Gasteiger partial charge is 0.270 e. The highest BCUT2D eigenvalue weighted by atomic mass is 16.6. The number of non-ortho nitro benzene ring substituents is 1. The Kier molecular flexibility index (Phi) is 6.01. The Morgan fingerprint density at radius 3 is 2.25 bits per heavy atom. The maximum atomic E-state index is 13.2. The Balaban J connectivity index is 1.95. The average molecular weight is 375 g/mol. The lowest BCUT2D eigenvalue weighted by Gasteiger charge is -2.22. The van der Waals surface area contributed by atoms with Crippen LogP contribution in [0.2, 0.25) is 0 Å². The standard InChI is InChI=1S/C22H21N3O3/c1-2-24(18-11-7-4-8-12-18)22(26)20-15-19(25(27)28)13-14-21(20)23-16-17-9-5-3-6-10-17/h3-15,23H,2,16H2,1H3. The number of rotatable bonds is 7. The van der Waals surface area contributed by atoms with Crippen molar-refractivity contribution in [1.29, 1.82) is 0 Å². The number of hydrogen-bond acceptors (Lipinski definition) is 4. The van der Waals surface area contributed by atoms with E-state index in [1.165, 1.54) is 12.1 Å². The van der Waals surface area contributed by atoms with Gasteiger partial charge in [-0.2, -0.15) is 0 Å². The van der Waals surface area contributed by atoms with Crippen LogP contribution in [0.1, 0.15) is 22.8 Å². The lowest BCUT2D eigenvalue weighted by atomic mass is 10.1. The first-order valence-corrected chi connectivity index (χ1v) is 9.03. The first kappa shape index (κ1) is 19.1. The molecule has 6 nitrogen and oxygen atoms in total. The minimum Gasteiger partial charge on any atom is -0.380 e. The normalized spacial score (nSPS) is 10.3. The molecule has 0 aliphatic heterocycles. The van der Waals surface area contributed by atoms with Crippen molar-refractivity contribution in [3.8, 4) is 0 Å². The number of nitro groups is 1. The fraction of sp³-hybridized carbons (Fsp3) is 0.136. The lowest BCUT2D eigenvalue weighted by Crippen LogP contribution is -2.31. The monoisotopic (exact) mass is 375 g/mol. The molecule has 28 heavy (non-hydrogen) atoms. The number of benzene rings is 3. The zero-order valence-electron chi connectivity index (χ0n) is 15.5. The largest absolute Gasteiger partial charge is 0.380 e. The first-order valence-electron chi connectivity index (χ1n) is 9.03.